The molecule has 4 nitrogen and oxygen atoms in total. The number of carbonyl (C=O) groups excluding carboxylic acids is 1. The fourth-order valence-electron chi connectivity index (χ4n) is 2.15. The molecule has 0 fully saturated rings. The smallest absolute Gasteiger partial charge is 0.246 e. The molecule has 0 saturated carbocycles. The summed E-state index contributed by atoms with van der Waals surface area (Å²) in [5.41, 5.74) is 0.208. The van der Waals surface area contributed by atoms with E-state index in [9.17, 15) is 4.79 Å². The van der Waals surface area contributed by atoms with Gasteiger partial charge in [-0.2, -0.15) is 0 Å². The molecule has 0 aromatic carbocycles. The number of carbonyl (C=O) groups is 1. The molecular weight excluding hydrogens is 406 g/mol. The van der Waals surface area contributed by atoms with Gasteiger partial charge in [0.15, 0.2) is 0 Å². The van der Waals surface area contributed by atoms with Gasteiger partial charge in [-0.1, -0.05) is 87.2 Å². The fraction of sp³-hybridized carbons (Fsp3) is 0.857. The molecule has 1 N–H and O–H groups in total. The molecular formula is C21H41NO3S2Si. The number of amides is 1. The van der Waals surface area contributed by atoms with Crippen LogP contribution < -0.4 is 5.32 Å². The summed E-state index contributed by atoms with van der Waals surface area (Å²) < 4.78 is 11.5. The molecule has 0 aromatic heterocycles. The summed E-state index contributed by atoms with van der Waals surface area (Å²) >= 11 is 0. The molecule has 28 heavy (non-hydrogen) atoms. The van der Waals surface area contributed by atoms with Crippen LogP contribution in [0, 0.1) is 23.7 Å². The number of hydrogen-bond acceptors (Lipinski definition) is 5. The first-order valence-corrected chi connectivity index (χ1v) is 16.4. The molecule has 0 radical (unpaired) electrons. The first-order valence-electron chi connectivity index (χ1n) is 10.3. The molecule has 164 valence electrons. The van der Waals surface area contributed by atoms with Crippen molar-refractivity contribution < 1.29 is 14.3 Å². The number of ether oxygens (including phenoxy) is 2. The van der Waals surface area contributed by atoms with Crippen LogP contribution in [-0.2, 0) is 14.3 Å². The molecule has 1 amide bonds. The Balaban J connectivity index is 3.97. The Morgan fingerprint density at radius 3 is 2.46 bits per heavy atom. The number of nitrogens with one attached hydrogen (secondary N) is 1. The summed E-state index contributed by atoms with van der Waals surface area (Å²) in [6.45, 7) is 17.1. The third kappa shape index (κ3) is 20.6. The molecule has 7 heteroatoms. The van der Waals surface area contributed by atoms with E-state index in [1.54, 1.807) is 0 Å². The van der Waals surface area contributed by atoms with Crippen LogP contribution in [0.25, 0.3) is 0 Å². The highest BCUT2D eigenvalue weighted by Crippen LogP contribution is 2.33. The van der Waals surface area contributed by atoms with Crippen molar-refractivity contribution in [3.8, 4) is 11.8 Å². The lowest BCUT2D eigenvalue weighted by Crippen LogP contribution is -2.29. The van der Waals surface area contributed by atoms with E-state index in [1.165, 1.54) is 18.6 Å². The Hall–Kier alpha value is -0.133. The van der Waals surface area contributed by atoms with Gasteiger partial charge in [-0.25, -0.2) is 0 Å². The topological polar surface area (TPSA) is 47.6 Å². The third-order valence-corrected chi connectivity index (χ3v) is 8.05. The molecule has 0 bridgehead atoms. The van der Waals surface area contributed by atoms with Gasteiger partial charge in [0.2, 0.25) is 5.91 Å². The van der Waals surface area contributed by atoms with Crippen molar-refractivity contribution >= 4 is 35.6 Å². The molecule has 0 saturated heterocycles. The van der Waals surface area contributed by atoms with Crippen molar-refractivity contribution in [2.75, 3.05) is 32.1 Å². The Morgan fingerprint density at radius 1 is 1.14 bits per heavy atom. The molecule has 0 heterocycles. The van der Waals surface area contributed by atoms with Crippen LogP contribution >= 0.6 is 21.6 Å². The summed E-state index contributed by atoms with van der Waals surface area (Å²) in [6.07, 6.45) is 2.54. The second-order valence-electron chi connectivity index (χ2n) is 8.82. The second kappa shape index (κ2) is 16.6. The zero-order chi connectivity index (χ0) is 21.4. The summed E-state index contributed by atoms with van der Waals surface area (Å²) in [4.78, 5) is 11.7. The van der Waals surface area contributed by atoms with E-state index in [0.29, 0.717) is 25.7 Å². The molecule has 1 unspecified atom stereocenters. The minimum Gasteiger partial charge on any atom is -0.369 e. The van der Waals surface area contributed by atoms with Gasteiger partial charge >= 0.3 is 0 Å². The van der Waals surface area contributed by atoms with E-state index in [2.05, 4.69) is 50.6 Å². The van der Waals surface area contributed by atoms with Crippen molar-refractivity contribution in [3.05, 3.63) is 0 Å². The van der Waals surface area contributed by atoms with Gasteiger partial charge in [-0.3, -0.25) is 4.79 Å². The first-order chi connectivity index (χ1) is 13.1. The quantitative estimate of drug-likeness (QED) is 0.122. The van der Waals surface area contributed by atoms with Crippen LogP contribution in [0.3, 0.4) is 0 Å². The SMILES string of the molecule is CC(C)C#CCNC(=O)COCCOC(C[Si](C)(C)C)SSCCCC(C)C. The minimum atomic E-state index is -1.20. The van der Waals surface area contributed by atoms with Gasteiger partial charge in [0.25, 0.3) is 0 Å². The molecule has 0 aliphatic carbocycles. The van der Waals surface area contributed by atoms with E-state index >= 15 is 0 Å². The van der Waals surface area contributed by atoms with Crippen LogP contribution in [-0.4, -0.2) is 51.5 Å². The van der Waals surface area contributed by atoms with Crippen LogP contribution in [0.5, 0.6) is 0 Å². The second-order valence-corrected chi connectivity index (χ2v) is 17.0. The Bertz CT molecular complexity index is 470. The maximum atomic E-state index is 11.7. The standard InChI is InChI=1S/C21H41NO3S2Si/c1-18(2)10-8-12-22-20(23)16-24-13-14-25-21(17-28(5,6)7)27-26-15-9-11-19(3)4/h18-19,21H,9,11-17H2,1-7H3,(H,22,23). The van der Waals surface area contributed by atoms with Crippen molar-refractivity contribution in [1.82, 2.24) is 5.32 Å². The zero-order valence-electron chi connectivity index (χ0n) is 18.9. The minimum absolute atomic E-state index is 0.0580. The monoisotopic (exact) mass is 447 g/mol. The van der Waals surface area contributed by atoms with Crippen LogP contribution in [0.2, 0.25) is 25.7 Å². The Morgan fingerprint density at radius 2 is 1.86 bits per heavy atom. The normalized spacial score (nSPS) is 12.8. The highest BCUT2D eigenvalue weighted by molar-refractivity contribution is 8.76. The molecule has 1 atom stereocenters. The molecule has 0 aliphatic rings. The molecule has 0 spiro atoms. The third-order valence-electron chi connectivity index (χ3n) is 3.49. The van der Waals surface area contributed by atoms with Crippen molar-refractivity contribution in [1.29, 1.82) is 0 Å². The van der Waals surface area contributed by atoms with Crippen LogP contribution in [0.15, 0.2) is 0 Å². The lowest BCUT2D eigenvalue weighted by atomic mass is 10.1. The van der Waals surface area contributed by atoms with E-state index in [0.717, 1.165) is 12.0 Å². The fourth-order valence-corrected chi connectivity index (χ4v) is 7.60. The predicted molar refractivity (Wildman–Crippen MR) is 128 cm³/mol. The van der Waals surface area contributed by atoms with E-state index in [4.69, 9.17) is 9.47 Å². The lowest BCUT2D eigenvalue weighted by Gasteiger charge is -2.24. The van der Waals surface area contributed by atoms with Crippen molar-refractivity contribution in [3.63, 3.8) is 0 Å². The summed E-state index contributed by atoms with van der Waals surface area (Å²) in [6, 6.07) is 1.13. The Kier molecular flexibility index (Phi) is 16.6. The average Bonchev–Trinajstić information content (AvgIpc) is 2.56. The number of hydrogen-bond donors (Lipinski definition) is 1. The molecule has 0 aromatic rings. The highest BCUT2D eigenvalue weighted by atomic mass is 33.1. The van der Waals surface area contributed by atoms with E-state index in [1.807, 2.05) is 35.4 Å². The van der Waals surface area contributed by atoms with Crippen LogP contribution in [0.1, 0.15) is 40.5 Å². The van der Waals surface area contributed by atoms with Gasteiger partial charge in [0, 0.05) is 19.7 Å². The largest absolute Gasteiger partial charge is 0.369 e. The van der Waals surface area contributed by atoms with E-state index in [-0.39, 0.29) is 18.0 Å². The molecule has 0 rings (SSSR count). The average molecular weight is 448 g/mol. The highest BCUT2D eigenvalue weighted by Gasteiger charge is 2.21. The van der Waals surface area contributed by atoms with Crippen molar-refractivity contribution in [2.45, 2.75) is 71.7 Å². The predicted octanol–water partition coefficient (Wildman–Crippen LogP) is 5.28. The van der Waals surface area contributed by atoms with Gasteiger partial charge < -0.3 is 14.8 Å². The maximum absolute atomic E-state index is 11.7. The maximum Gasteiger partial charge on any atom is 0.246 e. The zero-order valence-corrected chi connectivity index (χ0v) is 21.6. The molecule has 0 aliphatic heterocycles. The Labute approximate surface area is 182 Å². The summed E-state index contributed by atoms with van der Waals surface area (Å²) in [5.74, 6) is 8.07. The number of rotatable bonds is 15. The van der Waals surface area contributed by atoms with Crippen molar-refractivity contribution in [2.24, 2.45) is 11.8 Å². The first kappa shape index (κ1) is 27.9. The lowest BCUT2D eigenvalue weighted by molar-refractivity contribution is -0.126. The summed E-state index contributed by atoms with van der Waals surface area (Å²) in [7, 11) is 2.58. The van der Waals surface area contributed by atoms with Gasteiger partial charge in [-0.05, 0) is 18.4 Å². The summed E-state index contributed by atoms with van der Waals surface area (Å²) in [5, 5.41) is 2.74. The van der Waals surface area contributed by atoms with E-state index < -0.39 is 8.07 Å². The van der Waals surface area contributed by atoms with Gasteiger partial charge in [0.05, 0.1) is 19.8 Å². The van der Waals surface area contributed by atoms with Gasteiger partial charge in [-0.15, -0.1) is 0 Å². The van der Waals surface area contributed by atoms with Gasteiger partial charge in [0.1, 0.15) is 12.0 Å². The van der Waals surface area contributed by atoms with Crippen LogP contribution in [0.4, 0.5) is 0 Å².